The summed E-state index contributed by atoms with van der Waals surface area (Å²) >= 11 is 0. The average molecular weight is 156 g/mol. The molecule has 58 valence electrons. The van der Waals surface area contributed by atoms with Crippen molar-refractivity contribution < 1.29 is 9.68 Å². The molecule has 2 N–H and O–H groups in total. The minimum atomic E-state index is -0.807. The number of allylic oxidation sites excluding steroid dienone is 1. The van der Waals surface area contributed by atoms with Gasteiger partial charge in [-0.3, -0.25) is 15.8 Å². The second-order valence-electron chi connectivity index (χ2n) is 2.02. The third-order valence-corrected chi connectivity index (χ3v) is 1.23. The Morgan fingerprint density at radius 2 is 2.36 bits per heavy atom. The van der Waals surface area contributed by atoms with E-state index in [0.717, 1.165) is 6.20 Å². The number of nitroso groups, excluding NO2 is 1. The van der Waals surface area contributed by atoms with Gasteiger partial charge in [-0.15, -0.1) is 0 Å². The molecule has 1 aliphatic heterocycles. The molecule has 0 aromatic carbocycles. The Kier molecular flexibility index (Phi) is 1.77. The predicted octanol–water partition coefficient (Wildman–Crippen LogP) is -0.262. The maximum atomic E-state index is 10.7. The van der Waals surface area contributed by atoms with Crippen molar-refractivity contribution in [3.63, 3.8) is 0 Å². The molecule has 0 saturated carbocycles. The topological polar surface area (TPSA) is 89.2 Å². The molecule has 0 spiro atoms. The van der Waals surface area contributed by atoms with Crippen LogP contribution in [0.2, 0.25) is 0 Å². The van der Waals surface area contributed by atoms with Crippen LogP contribution in [0.1, 0.15) is 0 Å². The molecule has 1 heterocycles. The summed E-state index contributed by atoms with van der Waals surface area (Å²) in [4.78, 5) is 20.1. The minimum absolute atomic E-state index is 0.248. The van der Waals surface area contributed by atoms with Gasteiger partial charge in [0.25, 0.3) is 12.4 Å². The molecule has 0 aromatic heterocycles. The molecule has 0 aliphatic carbocycles. The van der Waals surface area contributed by atoms with Gasteiger partial charge in [-0.05, 0) is 0 Å². The van der Waals surface area contributed by atoms with Crippen molar-refractivity contribution in [3.05, 3.63) is 39.1 Å². The quantitative estimate of drug-likeness (QED) is 0.321. The lowest BCUT2D eigenvalue weighted by Crippen LogP contribution is -2.30. The SMILES string of the molecule is NC1C=CC([N+](=O)[O-])=C[N+]1=O. The van der Waals surface area contributed by atoms with Gasteiger partial charge in [0.1, 0.15) is 0 Å². The maximum absolute atomic E-state index is 10.7. The van der Waals surface area contributed by atoms with E-state index in [1.165, 1.54) is 12.2 Å². The van der Waals surface area contributed by atoms with E-state index in [-0.39, 0.29) is 5.70 Å². The van der Waals surface area contributed by atoms with E-state index in [0.29, 0.717) is 4.76 Å². The Balaban J connectivity index is 2.89. The Morgan fingerprint density at radius 1 is 1.73 bits per heavy atom. The molecule has 1 rings (SSSR count). The van der Waals surface area contributed by atoms with Crippen molar-refractivity contribution in [3.8, 4) is 0 Å². The zero-order valence-corrected chi connectivity index (χ0v) is 5.51. The summed E-state index contributed by atoms with van der Waals surface area (Å²) in [7, 11) is 0. The lowest BCUT2D eigenvalue weighted by molar-refractivity contribution is -0.525. The van der Waals surface area contributed by atoms with Crippen LogP contribution in [0.25, 0.3) is 0 Å². The van der Waals surface area contributed by atoms with Crippen molar-refractivity contribution in [2.24, 2.45) is 5.73 Å². The van der Waals surface area contributed by atoms with Crippen LogP contribution >= 0.6 is 0 Å². The van der Waals surface area contributed by atoms with Crippen molar-refractivity contribution >= 4 is 0 Å². The Bertz CT molecular complexity index is 268. The molecular formula is C5H6N3O3+. The molecule has 1 aliphatic rings. The van der Waals surface area contributed by atoms with Crippen LogP contribution in [-0.2, 0) is 0 Å². The van der Waals surface area contributed by atoms with Crippen LogP contribution in [0, 0.1) is 15.0 Å². The summed E-state index contributed by atoms with van der Waals surface area (Å²) < 4.78 is 0.331. The fraction of sp³-hybridized carbons (Fsp3) is 0.200. The molecule has 0 fully saturated rings. The zero-order valence-electron chi connectivity index (χ0n) is 5.51. The monoisotopic (exact) mass is 156 g/mol. The first-order valence-electron chi connectivity index (χ1n) is 2.87. The molecule has 1 unspecified atom stereocenters. The van der Waals surface area contributed by atoms with E-state index in [1.54, 1.807) is 0 Å². The number of nitrogens with two attached hydrogens (primary N) is 1. The van der Waals surface area contributed by atoms with Crippen molar-refractivity contribution in [1.82, 2.24) is 0 Å². The number of nitro groups is 1. The first-order valence-corrected chi connectivity index (χ1v) is 2.87. The fourth-order valence-corrected chi connectivity index (χ4v) is 0.649. The molecular weight excluding hydrogens is 150 g/mol. The van der Waals surface area contributed by atoms with Gasteiger partial charge in [0, 0.05) is 17.1 Å². The predicted molar refractivity (Wildman–Crippen MR) is 35.8 cm³/mol. The summed E-state index contributed by atoms with van der Waals surface area (Å²) in [5.74, 6) is 0. The highest BCUT2D eigenvalue weighted by molar-refractivity contribution is 5.12. The molecule has 0 bridgehead atoms. The number of hydrogen-bond acceptors (Lipinski definition) is 4. The van der Waals surface area contributed by atoms with Gasteiger partial charge in [-0.1, -0.05) is 0 Å². The van der Waals surface area contributed by atoms with E-state index in [2.05, 4.69) is 0 Å². The standard InChI is InChI=1S/C5H6N3O3/c6-5-2-1-4(8(10)11)3-7(5)9/h1-3,5H,6H2/q+1. The molecule has 0 saturated heterocycles. The van der Waals surface area contributed by atoms with Gasteiger partial charge >= 0.3 is 5.70 Å². The van der Waals surface area contributed by atoms with Gasteiger partial charge in [0.15, 0.2) is 0 Å². The average Bonchev–Trinajstić information content (AvgIpc) is 1.94. The van der Waals surface area contributed by atoms with Gasteiger partial charge in [-0.25, -0.2) is 0 Å². The summed E-state index contributed by atoms with van der Waals surface area (Å²) in [5, 5.41) is 10.1. The van der Waals surface area contributed by atoms with Crippen molar-refractivity contribution in [1.29, 1.82) is 0 Å². The molecule has 6 nitrogen and oxygen atoms in total. The minimum Gasteiger partial charge on any atom is -0.265 e. The summed E-state index contributed by atoms with van der Waals surface area (Å²) in [6.45, 7) is 0. The second-order valence-corrected chi connectivity index (χ2v) is 2.02. The lowest BCUT2D eigenvalue weighted by Gasteiger charge is -1.97. The summed E-state index contributed by atoms with van der Waals surface area (Å²) in [5.41, 5.74) is 4.95. The Morgan fingerprint density at radius 3 is 2.82 bits per heavy atom. The van der Waals surface area contributed by atoms with Crippen molar-refractivity contribution in [2.75, 3.05) is 0 Å². The Hall–Kier alpha value is -1.56. The molecule has 6 heteroatoms. The third kappa shape index (κ3) is 1.47. The second kappa shape index (κ2) is 2.59. The van der Waals surface area contributed by atoms with Gasteiger partial charge in [0.2, 0.25) is 0 Å². The summed E-state index contributed by atoms with van der Waals surface area (Å²) in [6.07, 6.45) is 2.52. The van der Waals surface area contributed by atoms with Crippen LogP contribution in [0.3, 0.4) is 0 Å². The van der Waals surface area contributed by atoms with E-state index in [4.69, 9.17) is 5.73 Å². The molecule has 0 aromatic rings. The van der Waals surface area contributed by atoms with Crippen LogP contribution in [0.5, 0.6) is 0 Å². The summed E-state index contributed by atoms with van der Waals surface area (Å²) in [6, 6.07) is 0. The molecule has 0 amide bonds. The van der Waals surface area contributed by atoms with E-state index < -0.39 is 11.1 Å². The van der Waals surface area contributed by atoms with E-state index >= 15 is 0 Å². The molecule has 1 atom stereocenters. The van der Waals surface area contributed by atoms with Crippen molar-refractivity contribution in [2.45, 2.75) is 6.17 Å². The van der Waals surface area contributed by atoms with E-state index in [9.17, 15) is 15.0 Å². The smallest absolute Gasteiger partial charge is 0.265 e. The van der Waals surface area contributed by atoms with Gasteiger partial charge < -0.3 is 0 Å². The highest BCUT2D eigenvalue weighted by Crippen LogP contribution is 2.05. The highest BCUT2D eigenvalue weighted by Gasteiger charge is 2.25. The van der Waals surface area contributed by atoms with Gasteiger partial charge in [0.05, 0.1) is 9.68 Å². The van der Waals surface area contributed by atoms with E-state index in [1.807, 2.05) is 0 Å². The highest BCUT2D eigenvalue weighted by atomic mass is 16.6. The van der Waals surface area contributed by atoms with Crippen LogP contribution in [-0.4, -0.2) is 15.8 Å². The third-order valence-electron chi connectivity index (χ3n) is 1.23. The number of hydrogen-bond donors (Lipinski definition) is 1. The van der Waals surface area contributed by atoms with Gasteiger partial charge in [-0.2, -0.15) is 0 Å². The molecule has 11 heavy (non-hydrogen) atoms. The lowest BCUT2D eigenvalue weighted by atomic mass is 10.3. The number of nitrogens with zero attached hydrogens (tertiary/aromatic N) is 2. The zero-order chi connectivity index (χ0) is 8.43. The number of rotatable bonds is 1. The largest absolute Gasteiger partial charge is 0.336 e. The fourth-order valence-electron chi connectivity index (χ4n) is 0.649. The first kappa shape index (κ1) is 7.55. The Labute approximate surface area is 61.7 Å². The normalized spacial score (nSPS) is 23.2. The van der Waals surface area contributed by atoms with Crippen LogP contribution in [0.15, 0.2) is 24.0 Å². The molecule has 0 radical (unpaired) electrons. The van der Waals surface area contributed by atoms with Crippen LogP contribution < -0.4 is 5.73 Å². The first-order chi connectivity index (χ1) is 5.11. The maximum Gasteiger partial charge on any atom is 0.336 e. The van der Waals surface area contributed by atoms with Crippen LogP contribution in [0.4, 0.5) is 0 Å².